The van der Waals surface area contributed by atoms with E-state index < -0.39 is 11.9 Å². The molecule has 0 saturated carbocycles. The molecule has 0 aliphatic carbocycles. The number of carboxylic acids is 1. The number of likely N-dealkylation sites (tertiary alicyclic amines) is 1. The van der Waals surface area contributed by atoms with Gasteiger partial charge in [-0.2, -0.15) is 0 Å². The van der Waals surface area contributed by atoms with Crippen LogP contribution in [0.15, 0.2) is 6.33 Å². The number of rotatable bonds is 6. The van der Waals surface area contributed by atoms with Crippen LogP contribution in [-0.2, 0) is 0 Å². The van der Waals surface area contributed by atoms with Crippen molar-refractivity contribution in [3.63, 3.8) is 0 Å². The molecule has 1 atom stereocenters. The van der Waals surface area contributed by atoms with Crippen LogP contribution in [0, 0.1) is 5.92 Å². The molecule has 116 valence electrons. The van der Waals surface area contributed by atoms with E-state index in [0.29, 0.717) is 12.5 Å². The Morgan fingerprint density at radius 3 is 2.67 bits per heavy atom. The highest BCUT2D eigenvalue weighted by Crippen LogP contribution is 2.17. The first kappa shape index (κ1) is 15.5. The van der Waals surface area contributed by atoms with Crippen molar-refractivity contribution in [3.8, 4) is 0 Å². The Labute approximate surface area is 123 Å². The third-order valence-corrected chi connectivity index (χ3v) is 3.92. The maximum absolute atomic E-state index is 12.1. The molecule has 1 aliphatic rings. The van der Waals surface area contributed by atoms with Crippen molar-refractivity contribution < 1.29 is 14.7 Å². The van der Waals surface area contributed by atoms with E-state index in [-0.39, 0.29) is 17.4 Å². The van der Waals surface area contributed by atoms with Gasteiger partial charge in [0.15, 0.2) is 11.4 Å². The van der Waals surface area contributed by atoms with Crippen LogP contribution in [0.4, 0.5) is 0 Å². The minimum absolute atomic E-state index is 0.0635. The van der Waals surface area contributed by atoms with Gasteiger partial charge in [0.25, 0.3) is 5.91 Å². The molecule has 2 heterocycles. The van der Waals surface area contributed by atoms with Gasteiger partial charge in [-0.05, 0) is 31.8 Å². The molecule has 1 aromatic heterocycles. The number of carbonyl (C=O) groups is 2. The van der Waals surface area contributed by atoms with Gasteiger partial charge in [0.1, 0.15) is 0 Å². The molecule has 0 bridgehead atoms. The largest absolute Gasteiger partial charge is 0.477 e. The molecule has 0 aromatic carbocycles. The summed E-state index contributed by atoms with van der Waals surface area (Å²) in [5.74, 6) is -1.21. The van der Waals surface area contributed by atoms with Crippen LogP contribution in [-0.4, -0.2) is 57.5 Å². The zero-order valence-electron chi connectivity index (χ0n) is 12.4. The first-order valence-electron chi connectivity index (χ1n) is 7.29. The lowest BCUT2D eigenvalue weighted by Gasteiger charge is -2.30. The second kappa shape index (κ2) is 6.71. The summed E-state index contributed by atoms with van der Waals surface area (Å²) in [6, 6.07) is 0.267. The van der Waals surface area contributed by atoms with Crippen LogP contribution in [0.5, 0.6) is 0 Å². The van der Waals surface area contributed by atoms with Gasteiger partial charge in [0.05, 0.1) is 6.33 Å². The number of aromatic amines is 1. The van der Waals surface area contributed by atoms with E-state index in [2.05, 4.69) is 34.0 Å². The molecule has 1 fully saturated rings. The first-order chi connectivity index (χ1) is 10.0. The molecule has 2 rings (SSSR count). The van der Waals surface area contributed by atoms with Crippen molar-refractivity contribution >= 4 is 11.9 Å². The SMILES string of the molecule is CC(C)C(CNC(=O)c1nc[nH]c1C(=O)O)N1CCCC1. The zero-order valence-corrected chi connectivity index (χ0v) is 12.4. The fourth-order valence-electron chi connectivity index (χ4n) is 2.77. The van der Waals surface area contributed by atoms with Crippen molar-refractivity contribution in [1.29, 1.82) is 0 Å². The molecule has 0 radical (unpaired) electrons. The fraction of sp³-hybridized carbons (Fsp3) is 0.643. The Morgan fingerprint density at radius 1 is 1.43 bits per heavy atom. The van der Waals surface area contributed by atoms with E-state index in [1.807, 2.05) is 0 Å². The number of aromatic carboxylic acids is 1. The summed E-state index contributed by atoms with van der Waals surface area (Å²) in [6.07, 6.45) is 3.61. The van der Waals surface area contributed by atoms with Gasteiger partial charge < -0.3 is 15.4 Å². The summed E-state index contributed by atoms with van der Waals surface area (Å²) in [5, 5.41) is 11.8. The van der Waals surface area contributed by atoms with E-state index in [0.717, 1.165) is 13.1 Å². The standard InChI is InChI=1S/C14H22N4O3/c1-9(2)10(18-5-3-4-6-18)7-15-13(19)11-12(14(20)21)17-8-16-11/h8-10H,3-7H2,1-2H3,(H,15,19)(H,16,17)(H,20,21). The van der Waals surface area contributed by atoms with E-state index in [1.165, 1.54) is 19.2 Å². The molecule has 7 nitrogen and oxygen atoms in total. The average Bonchev–Trinajstić information content (AvgIpc) is 3.09. The number of nitrogens with one attached hydrogen (secondary N) is 2. The van der Waals surface area contributed by atoms with Gasteiger partial charge in [0.2, 0.25) is 0 Å². The van der Waals surface area contributed by atoms with E-state index >= 15 is 0 Å². The molecule has 3 N–H and O–H groups in total. The number of carbonyl (C=O) groups excluding carboxylic acids is 1. The molecular weight excluding hydrogens is 272 g/mol. The third kappa shape index (κ3) is 3.60. The van der Waals surface area contributed by atoms with Crippen LogP contribution in [0.2, 0.25) is 0 Å². The highest BCUT2D eigenvalue weighted by molar-refractivity contribution is 6.02. The predicted molar refractivity (Wildman–Crippen MR) is 77.3 cm³/mol. The third-order valence-electron chi connectivity index (χ3n) is 3.92. The van der Waals surface area contributed by atoms with Gasteiger partial charge in [-0.1, -0.05) is 13.8 Å². The molecule has 1 aliphatic heterocycles. The highest BCUT2D eigenvalue weighted by atomic mass is 16.4. The van der Waals surface area contributed by atoms with Crippen LogP contribution < -0.4 is 5.32 Å². The van der Waals surface area contributed by atoms with Crippen molar-refractivity contribution in [2.75, 3.05) is 19.6 Å². The van der Waals surface area contributed by atoms with Gasteiger partial charge in [-0.15, -0.1) is 0 Å². The molecule has 1 saturated heterocycles. The first-order valence-corrected chi connectivity index (χ1v) is 7.29. The maximum Gasteiger partial charge on any atom is 0.354 e. The fourth-order valence-corrected chi connectivity index (χ4v) is 2.77. The Bertz CT molecular complexity index is 506. The average molecular weight is 294 g/mol. The lowest BCUT2D eigenvalue weighted by atomic mass is 10.0. The molecule has 1 aromatic rings. The molecular formula is C14H22N4O3. The van der Waals surface area contributed by atoms with Crippen LogP contribution >= 0.6 is 0 Å². The zero-order chi connectivity index (χ0) is 15.4. The summed E-state index contributed by atoms with van der Waals surface area (Å²) in [5.41, 5.74) is -0.235. The Balaban J connectivity index is 1.98. The minimum atomic E-state index is -1.18. The number of hydrogen-bond acceptors (Lipinski definition) is 4. The Kier molecular flexibility index (Phi) is 4.95. The number of nitrogens with zero attached hydrogens (tertiary/aromatic N) is 2. The number of hydrogen-bond donors (Lipinski definition) is 3. The van der Waals surface area contributed by atoms with Gasteiger partial charge >= 0.3 is 5.97 Å². The summed E-state index contributed by atoms with van der Waals surface area (Å²) in [4.78, 5) is 31.7. The van der Waals surface area contributed by atoms with E-state index in [4.69, 9.17) is 5.11 Å². The number of amides is 1. The van der Waals surface area contributed by atoms with Crippen molar-refractivity contribution in [3.05, 3.63) is 17.7 Å². The Hall–Kier alpha value is -1.89. The highest BCUT2D eigenvalue weighted by Gasteiger charge is 2.26. The second-order valence-electron chi connectivity index (χ2n) is 5.70. The normalized spacial score (nSPS) is 17.1. The van der Waals surface area contributed by atoms with Crippen molar-refractivity contribution in [2.24, 2.45) is 5.92 Å². The molecule has 7 heteroatoms. The molecule has 1 unspecified atom stereocenters. The molecule has 21 heavy (non-hydrogen) atoms. The van der Waals surface area contributed by atoms with Crippen LogP contribution in [0.1, 0.15) is 47.7 Å². The Morgan fingerprint density at radius 2 is 2.10 bits per heavy atom. The van der Waals surface area contributed by atoms with E-state index in [1.54, 1.807) is 0 Å². The quantitative estimate of drug-likeness (QED) is 0.726. The number of H-pyrrole nitrogens is 1. The maximum atomic E-state index is 12.1. The van der Waals surface area contributed by atoms with Crippen LogP contribution in [0.25, 0.3) is 0 Å². The van der Waals surface area contributed by atoms with Crippen molar-refractivity contribution in [2.45, 2.75) is 32.7 Å². The smallest absolute Gasteiger partial charge is 0.354 e. The number of aromatic nitrogens is 2. The van der Waals surface area contributed by atoms with Gasteiger partial charge in [-0.25, -0.2) is 9.78 Å². The van der Waals surface area contributed by atoms with E-state index in [9.17, 15) is 9.59 Å². The van der Waals surface area contributed by atoms with Gasteiger partial charge in [0, 0.05) is 12.6 Å². The summed E-state index contributed by atoms with van der Waals surface area (Å²) >= 11 is 0. The monoisotopic (exact) mass is 294 g/mol. The minimum Gasteiger partial charge on any atom is -0.477 e. The lowest BCUT2D eigenvalue weighted by Crippen LogP contribution is -2.45. The lowest BCUT2D eigenvalue weighted by molar-refractivity contribution is 0.0684. The van der Waals surface area contributed by atoms with Crippen LogP contribution in [0.3, 0.4) is 0 Å². The predicted octanol–water partition coefficient (Wildman–Crippen LogP) is 0.958. The summed E-state index contributed by atoms with van der Waals surface area (Å²) in [6.45, 7) is 6.88. The molecule has 0 spiro atoms. The van der Waals surface area contributed by atoms with Gasteiger partial charge in [-0.3, -0.25) is 9.69 Å². The number of carboxylic acid groups (broad SMARTS) is 1. The second-order valence-corrected chi connectivity index (χ2v) is 5.70. The number of imidazole rings is 1. The molecule has 1 amide bonds. The summed E-state index contributed by atoms with van der Waals surface area (Å²) < 4.78 is 0. The topological polar surface area (TPSA) is 98.3 Å². The summed E-state index contributed by atoms with van der Waals surface area (Å²) in [7, 11) is 0. The van der Waals surface area contributed by atoms with Crippen molar-refractivity contribution in [1.82, 2.24) is 20.2 Å².